The number of furan rings is 1. The van der Waals surface area contributed by atoms with E-state index in [2.05, 4.69) is 35.7 Å². The lowest BCUT2D eigenvalue weighted by Gasteiger charge is -2.30. The summed E-state index contributed by atoms with van der Waals surface area (Å²) in [5.41, 5.74) is 5.37. The zero-order chi connectivity index (χ0) is 25.1. The van der Waals surface area contributed by atoms with E-state index in [1.165, 1.54) is 28.0 Å². The first-order chi connectivity index (χ1) is 18.1. The number of aromatic nitrogens is 1. The van der Waals surface area contributed by atoms with Gasteiger partial charge in [-0.3, -0.25) is 9.36 Å². The first-order valence-electron chi connectivity index (χ1n) is 11.8. The van der Waals surface area contributed by atoms with Crippen LogP contribution in [-0.4, -0.2) is 4.57 Å². The summed E-state index contributed by atoms with van der Waals surface area (Å²) in [6.45, 7) is 0. The second-order valence-electron chi connectivity index (χ2n) is 8.96. The van der Waals surface area contributed by atoms with Crippen LogP contribution in [0, 0.1) is 0 Å². The number of halogens is 2. The van der Waals surface area contributed by atoms with Gasteiger partial charge < -0.3 is 4.42 Å². The largest absolute Gasteiger partial charge is 0.457 e. The Morgan fingerprint density at radius 1 is 1.00 bits per heavy atom. The number of hydrogen-bond acceptors (Lipinski definition) is 5. The van der Waals surface area contributed by atoms with Gasteiger partial charge in [0, 0.05) is 27.1 Å². The normalized spacial score (nSPS) is 16.8. The quantitative estimate of drug-likeness (QED) is 0.240. The molecule has 4 nitrogen and oxygen atoms in total. The number of rotatable bonds is 3. The molecule has 182 valence electrons. The van der Waals surface area contributed by atoms with Gasteiger partial charge in [-0.25, -0.2) is 4.99 Å². The van der Waals surface area contributed by atoms with E-state index in [1.807, 2.05) is 28.8 Å². The van der Waals surface area contributed by atoms with Crippen molar-refractivity contribution in [2.45, 2.75) is 18.9 Å². The summed E-state index contributed by atoms with van der Waals surface area (Å²) in [6, 6.07) is 21.4. The molecule has 0 amide bonds. The van der Waals surface area contributed by atoms with Crippen molar-refractivity contribution >= 4 is 57.6 Å². The van der Waals surface area contributed by atoms with Crippen LogP contribution in [0.25, 0.3) is 23.1 Å². The highest BCUT2D eigenvalue weighted by Crippen LogP contribution is 2.42. The third kappa shape index (κ3) is 3.87. The zero-order valence-corrected chi connectivity index (χ0v) is 22.4. The van der Waals surface area contributed by atoms with Crippen molar-refractivity contribution < 1.29 is 4.42 Å². The standard InChI is InChI=1S/C29H18Cl2N2O2S2/c30-17-8-11-20(22(31)14-17)23-12-9-18(35-23)15-25-28(34)33-27(24-6-3-13-36-24)21-10-7-16-4-1-2-5-19(16)26(21)32-29(33)37-25/h1-6,8-9,11-15,27H,7,10H2/b25-15+/t27-/m0/s1. The summed E-state index contributed by atoms with van der Waals surface area (Å²) in [7, 11) is 0. The molecule has 2 aliphatic rings. The first-order valence-corrected chi connectivity index (χ1v) is 14.2. The Hall–Kier alpha value is -3.16. The van der Waals surface area contributed by atoms with Gasteiger partial charge in [0.15, 0.2) is 4.80 Å². The summed E-state index contributed by atoms with van der Waals surface area (Å²) in [5.74, 6) is 1.19. The van der Waals surface area contributed by atoms with Crippen LogP contribution in [0.1, 0.15) is 34.2 Å². The summed E-state index contributed by atoms with van der Waals surface area (Å²) in [5, 5.41) is 3.14. The number of aryl methyl sites for hydroxylation is 1. The average Bonchev–Trinajstić information content (AvgIpc) is 3.65. The van der Waals surface area contributed by atoms with E-state index >= 15 is 0 Å². The van der Waals surface area contributed by atoms with E-state index in [-0.39, 0.29) is 11.6 Å². The molecule has 0 spiro atoms. The van der Waals surface area contributed by atoms with Crippen molar-refractivity contribution in [1.29, 1.82) is 0 Å². The van der Waals surface area contributed by atoms with Crippen molar-refractivity contribution in [1.82, 2.24) is 4.57 Å². The minimum Gasteiger partial charge on any atom is -0.457 e. The van der Waals surface area contributed by atoms with Gasteiger partial charge in [0.25, 0.3) is 5.56 Å². The van der Waals surface area contributed by atoms with Crippen LogP contribution in [0.3, 0.4) is 0 Å². The minimum atomic E-state index is -0.151. The number of nitrogens with zero attached hydrogens (tertiary/aromatic N) is 2. The van der Waals surface area contributed by atoms with Crippen LogP contribution in [0.5, 0.6) is 0 Å². The van der Waals surface area contributed by atoms with E-state index in [9.17, 15) is 4.79 Å². The number of benzene rings is 2. The van der Waals surface area contributed by atoms with Crippen LogP contribution in [0.15, 0.2) is 91.9 Å². The summed E-state index contributed by atoms with van der Waals surface area (Å²) in [6.07, 6.45) is 3.62. The average molecular weight is 562 g/mol. The predicted molar refractivity (Wildman–Crippen MR) is 151 cm³/mol. The maximum Gasteiger partial charge on any atom is 0.271 e. The Kier molecular flexibility index (Phi) is 5.59. The molecule has 0 unspecified atom stereocenters. The van der Waals surface area contributed by atoms with Crippen molar-refractivity contribution in [3.8, 4) is 11.3 Å². The van der Waals surface area contributed by atoms with Gasteiger partial charge in [0.1, 0.15) is 11.5 Å². The molecule has 4 heterocycles. The lowest BCUT2D eigenvalue weighted by atomic mass is 9.85. The fraction of sp³-hybridized carbons (Fsp3) is 0.103. The molecule has 5 aromatic rings. The van der Waals surface area contributed by atoms with E-state index in [4.69, 9.17) is 32.6 Å². The SMILES string of the molecule is O=c1/c(=C\c2ccc(-c3ccc(Cl)cc3Cl)o2)sc2n1[C@H](c1cccs1)C1=C(N=2)c2ccccc2CC1. The Bertz CT molecular complexity index is 1890. The lowest BCUT2D eigenvalue weighted by molar-refractivity contribution is 0.571. The molecule has 1 aliphatic carbocycles. The zero-order valence-electron chi connectivity index (χ0n) is 19.3. The second-order valence-corrected chi connectivity index (χ2v) is 11.8. The number of hydrogen-bond donors (Lipinski definition) is 0. The number of allylic oxidation sites excluding steroid dienone is 1. The molecule has 0 N–H and O–H groups in total. The predicted octanol–water partition coefficient (Wildman–Crippen LogP) is 6.95. The Labute approximate surface area is 230 Å². The van der Waals surface area contributed by atoms with E-state index < -0.39 is 0 Å². The number of thiophene rings is 1. The molecule has 0 radical (unpaired) electrons. The van der Waals surface area contributed by atoms with Crippen LogP contribution in [-0.2, 0) is 6.42 Å². The third-order valence-electron chi connectivity index (χ3n) is 6.78. The number of fused-ring (bicyclic) bond motifs is 3. The third-order valence-corrected chi connectivity index (χ3v) is 9.24. The Morgan fingerprint density at radius 3 is 2.73 bits per heavy atom. The van der Waals surface area contributed by atoms with Gasteiger partial charge in [0.05, 0.1) is 21.3 Å². The number of thiazole rings is 1. The highest BCUT2D eigenvalue weighted by molar-refractivity contribution is 7.10. The lowest BCUT2D eigenvalue weighted by Crippen LogP contribution is -2.38. The summed E-state index contributed by atoms with van der Waals surface area (Å²) in [4.78, 5) is 20.7. The smallest absolute Gasteiger partial charge is 0.271 e. The van der Waals surface area contributed by atoms with E-state index in [0.717, 1.165) is 29.0 Å². The molecular weight excluding hydrogens is 543 g/mol. The van der Waals surface area contributed by atoms with Gasteiger partial charge in [0.2, 0.25) is 0 Å². The monoisotopic (exact) mass is 560 g/mol. The highest BCUT2D eigenvalue weighted by atomic mass is 35.5. The molecule has 8 heteroatoms. The molecule has 3 aromatic heterocycles. The van der Waals surface area contributed by atoms with Gasteiger partial charge >= 0.3 is 0 Å². The maximum atomic E-state index is 13.8. The molecule has 1 atom stereocenters. The van der Waals surface area contributed by atoms with Crippen LogP contribution in [0.2, 0.25) is 10.0 Å². The Morgan fingerprint density at radius 2 is 1.89 bits per heavy atom. The summed E-state index contributed by atoms with van der Waals surface area (Å²) >= 11 is 15.5. The van der Waals surface area contributed by atoms with Gasteiger partial charge in [-0.2, -0.15) is 0 Å². The molecule has 0 fully saturated rings. The van der Waals surface area contributed by atoms with Crippen molar-refractivity contribution in [2.24, 2.45) is 4.99 Å². The van der Waals surface area contributed by atoms with Crippen molar-refractivity contribution in [3.63, 3.8) is 0 Å². The molecule has 0 saturated heterocycles. The topological polar surface area (TPSA) is 47.5 Å². The summed E-state index contributed by atoms with van der Waals surface area (Å²) < 4.78 is 8.49. The molecule has 7 rings (SSSR count). The van der Waals surface area contributed by atoms with Crippen LogP contribution in [0.4, 0.5) is 0 Å². The van der Waals surface area contributed by atoms with E-state index in [0.29, 0.717) is 30.9 Å². The van der Waals surface area contributed by atoms with E-state index in [1.54, 1.807) is 29.5 Å². The molecule has 2 aromatic carbocycles. The van der Waals surface area contributed by atoms with Crippen LogP contribution < -0.4 is 14.9 Å². The minimum absolute atomic E-state index is 0.0602. The molecule has 0 saturated carbocycles. The molecule has 37 heavy (non-hydrogen) atoms. The Balaban J connectivity index is 1.38. The highest BCUT2D eigenvalue weighted by Gasteiger charge is 2.33. The van der Waals surface area contributed by atoms with Gasteiger partial charge in [-0.05, 0) is 65.8 Å². The molecule has 1 aliphatic heterocycles. The van der Waals surface area contributed by atoms with Crippen LogP contribution >= 0.6 is 45.9 Å². The second kappa shape index (κ2) is 8.99. The van der Waals surface area contributed by atoms with Gasteiger partial charge in [-0.15, -0.1) is 11.3 Å². The van der Waals surface area contributed by atoms with Gasteiger partial charge in [-0.1, -0.05) is 64.9 Å². The maximum absolute atomic E-state index is 13.8. The van der Waals surface area contributed by atoms with Crippen molar-refractivity contribution in [3.05, 3.63) is 129 Å². The van der Waals surface area contributed by atoms with Crippen molar-refractivity contribution in [2.75, 3.05) is 0 Å². The molecular formula is C29H18Cl2N2O2S2. The fourth-order valence-electron chi connectivity index (χ4n) is 5.11. The fourth-order valence-corrected chi connectivity index (χ4v) is 7.44. The molecule has 0 bridgehead atoms. The first kappa shape index (κ1) is 23.0.